The molecule has 4 aromatic rings. The fourth-order valence-corrected chi connectivity index (χ4v) is 5.05. The highest BCUT2D eigenvalue weighted by Gasteiger charge is 2.34. The molecule has 2 unspecified atom stereocenters. The monoisotopic (exact) mass is 430 g/mol. The van der Waals surface area contributed by atoms with Crippen molar-refractivity contribution in [1.82, 2.24) is 24.7 Å². The number of H-pyrrole nitrogens is 1. The molecular weight excluding hydrogens is 404 g/mol. The van der Waals surface area contributed by atoms with E-state index in [0.29, 0.717) is 5.92 Å². The smallest absolute Gasteiger partial charge is 0.142 e. The third-order valence-corrected chi connectivity index (χ3v) is 6.92. The van der Waals surface area contributed by atoms with Crippen LogP contribution in [0.3, 0.4) is 0 Å². The lowest BCUT2D eigenvalue weighted by atomic mass is 9.89. The minimum atomic E-state index is -0.0415. The summed E-state index contributed by atoms with van der Waals surface area (Å²) in [6.07, 6.45) is 3.97. The number of aromatic amines is 1. The number of rotatable bonds is 4. The van der Waals surface area contributed by atoms with Crippen molar-refractivity contribution in [2.24, 2.45) is 12.2 Å². The number of methoxy groups -OCH3 is 1. The van der Waals surface area contributed by atoms with Crippen LogP contribution in [0.4, 0.5) is 0 Å². The first kappa shape index (κ1) is 19.3. The number of oxime groups is 1. The Labute approximate surface area is 185 Å². The Kier molecular flexibility index (Phi) is 4.09. The number of aryl methyl sites for hydroxylation is 1. The van der Waals surface area contributed by atoms with Gasteiger partial charge in [-0.25, -0.2) is 9.97 Å². The van der Waals surface area contributed by atoms with Crippen molar-refractivity contribution in [3.63, 3.8) is 0 Å². The maximum absolute atomic E-state index is 5.84. The predicted octanol–water partition coefficient (Wildman–Crippen LogP) is 4.58. The SMILES string of the molecule is COc1cc2c(cc1C1C(C)=NOC1C)[nH]c1ncnc(-c3c(C4CC4)nn(C)c3C)c12. The average Bonchev–Trinajstić information content (AvgIpc) is 3.40. The number of hydrogen-bond acceptors (Lipinski definition) is 6. The molecule has 0 radical (unpaired) electrons. The quantitative estimate of drug-likeness (QED) is 0.512. The van der Waals surface area contributed by atoms with Crippen LogP contribution in [0.1, 0.15) is 55.5 Å². The van der Waals surface area contributed by atoms with E-state index in [2.05, 4.69) is 34.2 Å². The number of benzene rings is 1. The zero-order chi connectivity index (χ0) is 22.1. The van der Waals surface area contributed by atoms with Gasteiger partial charge in [-0.2, -0.15) is 5.10 Å². The molecule has 4 heterocycles. The summed E-state index contributed by atoms with van der Waals surface area (Å²) in [5.74, 6) is 1.39. The summed E-state index contributed by atoms with van der Waals surface area (Å²) in [6.45, 7) is 6.14. The molecule has 0 amide bonds. The van der Waals surface area contributed by atoms with E-state index in [1.54, 1.807) is 13.4 Å². The van der Waals surface area contributed by atoms with E-state index in [4.69, 9.17) is 19.7 Å². The van der Waals surface area contributed by atoms with Crippen molar-refractivity contribution in [3.8, 4) is 17.0 Å². The average molecular weight is 431 g/mol. The third kappa shape index (κ3) is 2.68. The van der Waals surface area contributed by atoms with Crippen LogP contribution >= 0.6 is 0 Å². The molecule has 1 saturated carbocycles. The van der Waals surface area contributed by atoms with E-state index in [0.717, 1.165) is 61.6 Å². The highest BCUT2D eigenvalue weighted by molar-refractivity contribution is 6.13. The van der Waals surface area contributed by atoms with Gasteiger partial charge in [0, 0.05) is 40.7 Å². The van der Waals surface area contributed by atoms with Crippen LogP contribution in [0.2, 0.25) is 0 Å². The topological polar surface area (TPSA) is 90.2 Å². The zero-order valence-corrected chi connectivity index (χ0v) is 18.9. The summed E-state index contributed by atoms with van der Waals surface area (Å²) in [5, 5.41) is 11.1. The highest BCUT2D eigenvalue weighted by Crippen LogP contribution is 2.47. The molecule has 2 aliphatic rings. The summed E-state index contributed by atoms with van der Waals surface area (Å²) in [4.78, 5) is 18.4. The first-order valence-electron chi connectivity index (χ1n) is 11.1. The Morgan fingerprint density at radius 3 is 2.69 bits per heavy atom. The zero-order valence-electron chi connectivity index (χ0n) is 18.9. The molecule has 164 valence electrons. The van der Waals surface area contributed by atoms with Gasteiger partial charge in [-0.1, -0.05) is 5.16 Å². The molecule has 1 aromatic carbocycles. The van der Waals surface area contributed by atoms with Crippen molar-refractivity contribution in [1.29, 1.82) is 0 Å². The van der Waals surface area contributed by atoms with Crippen molar-refractivity contribution in [2.75, 3.05) is 7.11 Å². The molecule has 8 heteroatoms. The maximum Gasteiger partial charge on any atom is 0.142 e. The molecule has 3 aromatic heterocycles. The molecule has 1 aliphatic carbocycles. The summed E-state index contributed by atoms with van der Waals surface area (Å²) in [6, 6.07) is 4.24. The fraction of sp³-hybridized carbons (Fsp3) is 0.417. The number of hydrogen-bond donors (Lipinski definition) is 1. The lowest BCUT2D eigenvalue weighted by Gasteiger charge is -2.18. The van der Waals surface area contributed by atoms with Gasteiger partial charge < -0.3 is 14.6 Å². The third-order valence-electron chi connectivity index (χ3n) is 6.92. The fourth-order valence-electron chi connectivity index (χ4n) is 5.05. The van der Waals surface area contributed by atoms with E-state index in [-0.39, 0.29) is 12.0 Å². The Morgan fingerprint density at radius 2 is 2.00 bits per heavy atom. The van der Waals surface area contributed by atoms with Gasteiger partial charge in [-0.3, -0.25) is 4.68 Å². The Bertz CT molecular complexity index is 1410. The Balaban J connectivity index is 1.62. The van der Waals surface area contributed by atoms with Crippen LogP contribution in [0.5, 0.6) is 5.75 Å². The first-order chi connectivity index (χ1) is 15.5. The minimum absolute atomic E-state index is 0.0415. The molecule has 1 N–H and O–H groups in total. The Morgan fingerprint density at radius 1 is 1.19 bits per heavy atom. The van der Waals surface area contributed by atoms with Gasteiger partial charge >= 0.3 is 0 Å². The van der Waals surface area contributed by atoms with Crippen LogP contribution < -0.4 is 4.74 Å². The normalized spacial score (nSPS) is 20.7. The van der Waals surface area contributed by atoms with Gasteiger partial charge in [0.05, 0.1) is 35.5 Å². The lowest BCUT2D eigenvalue weighted by Crippen LogP contribution is -2.17. The molecule has 0 saturated heterocycles. The number of aromatic nitrogens is 5. The van der Waals surface area contributed by atoms with Gasteiger partial charge in [0.2, 0.25) is 0 Å². The molecule has 2 atom stereocenters. The second-order valence-corrected chi connectivity index (χ2v) is 8.98. The van der Waals surface area contributed by atoms with E-state index in [1.165, 1.54) is 12.8 Å². The summed E-state index contributed by atoms with van der Waals surface area (Å²) >= 11 is 0. The molecule has 0 bridgehead atoms. The number of nitrogens with zero attached hydrogens (tertiary/aromatic N) is 5. The minimum Gasteiger partial charge on any atom is -0.496 e. The van der Waals surface area contributed by atoms with Crippen LogP contribution in [0, 0.1) is 6.92 Å². The predicted molar refractivity (Wildman–Crippen MR) is 123 cm³/mol. The molecule has 1 fully saturated rings. The molecule has 6 rings (SSSR count). The lowest BCUT2D eigenvalue weighted by molar-refractivity contribution is 0.0900. The molecule has 8 nitrogen and oxygen atoms in total. The van der Waals surface area contributed by atoms with Crippen molar-refractivity contribution in [3.05, 3.63) is 35.4 Å². The van der Waals surface area contributed by atoms with Gasteiger partial charge in [0.25, 0.3) is 0 Å². The van der Waals surface area contributed by atoms with E-state index in [1.807, 2.05) is 25.6 Å². The number of fused-ring (bicyclic) bond motifs is 3. The van der Waals surface area contributed by atoms with Gasteiger partial charge in [0.15, 0.2) is 0 Å². The summed E-state index contributed by atoms with van der Waals surface area (Å²) in [7, 11) is 3.71. The molecule has 32 heavy (non-hydrogen) atoms. The summed E-state index contributed by atoms with van der Waals surface area (Å²) in [5.41, 5.74) is 8.15. The maximum atomic E-state index is 5.84. The second kappa shape index (κ2) is 6.79. The van der Waals surface area contributed by atoms with Crippen molar-refractivity contribution >= 4 is 27.6 Å². The van der Waals surface area contributed by atoms with Crippen molar-refractivity contribution in [2.45, 2.75) is 51.6 Å². The van der Waals surface area contributed by atoms with Gasteiger partial charge in [-0.05, 0) is 45.7 Å². The molecule has 1 aliphatic heterocycles. The van der Waals surface area contributed by atoms with Crippen molar-refractivity contribution < 1.29 is 9.57 Å². The number of ether oxygens (including phenoxy) is 1. The van der Waals surface area contributed by atoms with E-state index in [9.17, 15) is 0 Å². The van der Waals surface area contributed by atoms with Gasteiger partial charge in [0.1, 0.15) is 23.8 Å². The van der Waals surface area contributed by atoms with E-state index < -0.39 is 0 Å². The second-order valence-electron chi connectivity index (χ2n) is 8.98. The van der Waals surface area contributed by atoms with Crippen LogP contribution in [-0.2, 0) is 11.9 Å². The van der Waals surface area contributed by atoms with Gasteiger partial charge in [-0.15, -0.1) is 0 Å². The van der Waals surface area contributed by atoms with E-state index >= 15 is 0 Å². The summed E-state index contributed by atoms with van der Waals surface area (Å²) < 4.78 is 7.81. The Hall–Kier alpha value is -3.42. The largest absolute Gasteiger partial charge is 0.496 e. The van der Waals surface area contributed by atoms with Crippen LogP contribution in [0.25, 0.3) is 33.2 Å². The standard InChI is InChI=1S/C24H26N6O2/c1-11-19(13(3)32-29-11)16-8-17-15(9-18(16)31-5)21-23(25-10-26-24(21)27-17)20-12(2)30(4)28-22(20)14-6-7-14/h8-10,13-14,19H,6-7H2,1-5H3,(H,25,26,27). The number of nitrogens with one attached hydrogen (secondary N) is 1. The molecular formula is C24H26N6O2. The molecule has 0 spiro atoms. The highest BCUT2D eigenvalue weighted by atomic mass is 16.6. The van der Waals surface area contributed by atoms with Crippen LogP contribution in [0.15, 0.2) is 23.6 Å². The first-order valence-corrected chi connectivity index (χ1v) is 11.1. The van der Waals surface area contributed by atoms with Crippen LogP contribution in [-0.4, -0.2) is 43.7 Å².